The van der Waals surface area contributed by atoms with E-state index in [-0.39, 0.29) is 29.2 Å². The third-order valence-electron chi connectivity index (χ3n) is 8.23. The first-order valence-corrected chi connectivity index (χ1v) is 16.5. The number of anilines is 1. The van der Waals surface area contributed by atoms with Crippen LogP contribution in [0.5, 0.6) is 0 Å². The molecular weight excluding hydrogens is 635 g/mol. The Hall–Kier alpha value is -4.56. The van der Waals surface area contributed by atoms with E-state index in [0.717, 1.165) is 37.2 Å². The Kier molecular flexibility index (Phi) is 13.3. The largest absolute Gasteiger partial charge is 0.467 e. The number of amides is 5. The highest BCUT2D eigenvalue weighted by atomic mass is 19.1. The molecule has 3 rings (SSSR count). The number of nitrogens with zero attached hydrogens (tertiary/aromatic N) is 3. The van der Waals surface area contributed by atoms with Gasteiger partial charge in [-0.05, 0) is 103 Å². The van der Waals surface area contributed by atoms with Crippen LogP contribution in [0.2, 0.25) is 0 Å². The maximum atomic E-state index is 14.7. The molecular formula is C35H49FN6O7. The number of methoxy groups -OCH3 is 1. The molecule has 2 aromatic rings. The van der Waals surface area contributed by atoms with Crippen molar-refractivity contribution < 1.29 is 37.8 Å². The Morgan fingerprint density at radius 3 is 2.39 bits per heavy atom. The van der Waals surface area contributed by atoms with E-state index in [9.17, 15) is 28.4 Å². The van der Waals surface area contributed by atoms with Crippen molar-refractivity contribution >= 4 is 47.2 Å². The monoisotopic (exact) mass is 684 g/mol. The van der Waals surface area contributed by atoms with Crippen molar-refractivity contribution in [2.24, 2.45) is 5.73 Å². The molecule has 0 saturated carbocycles. The zero-order valence-corrected chi connectivity index (χ0v) is 29.7. The lowest BCUT2D eigenvalue weighted by Gasteiger charge is -2.32. The van der Waals surface area contributed by atoms with E-state index in [0.29, 0.717) is 59.9 Å². The molecule has 0 bridgehead atoms. The average molecular weight is 685 g/mol. The van der Waals surface area contributed by atoms with Crippen molar-refractivity contribution in [3.63, 3.8) is 0 Å². The highest BCUT2D eigenvalue weighted by Crippen LogP contribution is 2.40. The SMILES string of the molecule is CCN(CC)CCNC(=O)c1c(C)[nH]c(C=C2C(=O)N(C(=O)N(C(=O)OC(C)(C)C)[C@@H](CCCCN)C(=O)OC)c3ccc(F)cc32)c1C. The predicted molar refractivity (Wildman–Crippen MR) is 184 cm³/mol. The highest BCUT2D eigenvalue weighted by molar-refractivity contribution is 6.42. The van der Waals surface area contributed by atoms with Crippen LogP contribution in [0.25, 0.3) is 11.6 Å². The van der Waals surface area contributed by atoms with Gasteiger partial charge >= 0.3 is 18.1 Å². The summed E-state index contributed by atoms with van der Waals surface area (Å²) in [6, 6.07) is 0.815. The molecule has 49 heavy (non-hydrogen) atoms. The molecule has 1 aliphatic rings. The number of carbonyl (C=O) groups is 5. The number of aryl methyl sites for hydroxylation is 1. The van der Waals surface area contributed by atoms with Crippen LogP contribution in [0, 0.1) is 19.7 Å². The number of esters is 1. The minimum atomic E-state index is -1.44. The molecule has 14 heteroatoms. The van der Waals surface area contributed by atoms with Crippen LogP contribution < -0.4 is 16.0 Å². The first-order valence-electron chi connectivity index (χ1n) is 16.5. The van der Waals surface area contributed by atoms with Gasteiger partial charge in [-0.2, -0.15) is 0 Å². The first-order chi connectivity index (χ1) is 23.1. The van der Waals surface area contributed by atoms with E-state index in [1.165, 1.54) is 12.1 Å². The van der Waals surface area contributed by atoms with Gasteiger partial charge in [-0.15, -0.1) is 0 Å². The lowest BCUT2D eigenvalue weighted by Crippen LogP contribution is -2.56. The Bertz CT molecular complexity index is 1590. The number of benzene rings is 1. The summed E-state index contributed by atoms with van der Waals surface area (Å²) in [6.45, 7) is 15.5. The number of urea groups is 1. The Morgan fingerprint density at radius 2 is 1.80 bits per heavy atom. The van der Waals surface area contributed by atoms with Crippen LogP contribution in [0.3, 0.4) is 0 Å². The maximum absolute atomic E-state index is 14.7. The summed E-state index contributed by atoms with van der Waals surface area (Å²) in [5.74, 6) is -2.72. The number of hydrogen-bond acceptors (Lipinski definition) is 9. The third kappa shape index (κ3) is 9.12. The minimum absolute atomic E-state index is 0.00270. The van der Waals surface area contributed by atoms with Crippen LogP contribution >= 0.6 is 0 Å². The van der Waals surface area contributed by atoms with Gasteiger partial charge in [0, 0.05) is 30.0 Å². The molecule has 0 spiro atoms. The number of imide groups is 2. The van der Waals surface area contributed by atoms with Crippen LogP contribution in [0.15, 0.2) is 18.2 Å². The summed E-state index contributed by atoms with van der Waals surface area (Å²) in [5, 5.41) is 2.94. The predicted octanol–water partition coefficient (Wildman–Crippen LogP) is 4.76. The Labute approximate surface area is 286 Å². The van der Waals surface area contributed by atoms with E-state index in [1.54, 1.807) is 34.6 Å². The molecule has 1 aliphatic heterocycles. The molecule has 1 aromatic heterocycles. The number of ether oxygens (including phenoxy) is 2. The van der Waals surface area contributed by atoms with Gasteiger partial charge in [-0.3, -0.25) is 9.59 Å². The summed E-state index contributed by atoms with van der Waals surface area (Å²) < 4.78 is 25.1. The number of aromatic nitrogens is 1. The van der Waals surface area contributed by atoms with Gasteiger partial charge in [0.1, 0.15) is 17.5 Å². The van der Waals surface area contributed by atoms with E-state index in [1.807, 2.05) is 13.8 Å². The van der Waals surface area contributed by atoms with Crippen molar-refractivity contribution in [3.8, 4) is 0 Å². The molecule has 1 atom stereocenters. The quantitative estimate of drug-likeness (QED) is 0.153. The number of rotatable bonds is 13. The van der Waals surface area contributed by atoms with Gasteiger partial charge in [-0.25, -0.2) is 28.6 Å². The molecule has 0 radical (unpaired) electrons. The summed E-state index contributed by atoms with van der Waals surface area (Å²) in [4.78, 5) is 74.9. The van der Waals surface area contributed by atoms with Crippen molar-refractivity contribution in [1.82, 2.24) is 20.1 Å². The lowest BCUT2D eigenvalue weighted by atomic mass is 10.0. The molecule has 4 N–H and O–H groups in total. The third-order valence-corrected chi connectivity index (χ3v) is 8.23. The number of nitrogens with two attached hydrogens (primary N) is 1. The van der Waals surface area contributed by atoms with E-state index < -0.39 is 41.5 Å². The minimum Gasteiger partial charge on any atom is -0.467 e. The topological polar surface area (TPSA) is 167 Å². The van der Waals surface area contributed by atoms with Gasteiger partial charge in [0.05, 0.1) is 23.9 Å². The number of fused-ring (bicyclic) bond motifs is 1. The molecule has 0 aliphatic carbocycles. The average Bonchev–Trinajstić information content (AvgIpc) is 3.47. The number of unbranched alkanes of at least 4 members (excludes halogenated alkanes) is 1. The second kappa shape index (κ2) is 16.7. The Balaban J connectivity index is 2.08. The number of aromatic amines is 1. The van der Waals surface area contributed by atoms with Crippen LogP contribution in [0.4, 0.5) is 19.7 Å². The zero-order chi connectivity index (χ0) is 36.6. The molecule has 2 heterocycles. The van der Waals surface area contributed by atoms with Crippen LogP contribution in [-0.4, -0.2) is 96.2 Å². The fraction of sp³-hybridized carbons (Fsp3) is 0.514. The molecule has 268 valence electrons. The standard InChI is InChI=1S/C35H49FN6O7/c1-9-40(10-2)18-17-38-30(43)29-21(3)26(39-22(29)4)20-25-24-19-23(36)14-15-27(24)41(31(25)44)33(46)42(34(47)49-35(5,6)7)28(32(45)48-8)13-11-12-16-37/h14-15,19-20,28,39H,9-13,16-18,37H2,1-8H3,(H,38,43)/t28-/m0/s1. The van der Waals surface area contributed by atoms with Crippen LogP contribution in [-0.2, 0) is 19.1 Å². The number of nitrogens with one attached hydrogen (secondary N) is 2. The normalized spacial score (nSPS) is 14.2. The van der Waals surface area contributed by atoms with Gasteiger partial charge in [0.15, 0.2) is 0 Å². The second-order valence-corrected chi connectivity index (χ2v) is 12.8. The number of halogens is 1. The molecule has 0 saturated heterocycles. The van der Waals surface area contributed by atoms with Crippen molar-refractivity contribution in [3.05, 3.63) is 52.1 Å². The van der Waals surface area contributed by atoms with Crippen molar-refractivity contribution in [2.75, 3.05) is 44.7 Å². The molecule has 0 unspecified atom stereocenters. The summed E-state index contributed by atoms with van der Waals surface area (Å²) in [5.41, 5.74) is 6.49. The molecule has 5 amide bonds. The highest BCUT2D eigenvalue weighted by Gasteiger charge is 2.46. The van der Waals surface area contributed by atoms with Gasteiger partial charge < -0.3 is 30.4 Å². The summed E-state index contributed by atoms with van der Waals surface area (Å²) >= 11 is 0. The smallest absolute Gasteiger partial charge is 0.419 e. The van der Waals surface area contributed by atoms with Crippen LogP contribution in [0.1, 0.15) is 86.8 Å². The van der Waals surface area contributed by atoms with Crippen molar-refractivity contribution in [2.45, 2.75) is 79.4 Å². The second-order valence-electron chi connectivity index (χ2n) is 12.8. The Morgan fingerprint density at radius 1 is 1.12 bits per heavy atom. The molecule has 13 nitrogen and oxygen atoms in total. The number of carbonyl (C=O) groups excluding carboxylic acids is 5. The number of hydrogen-bond donors (Lipinski definition) is 3. The van der Waals surface area contributed by atoms with Gasteiger partial charge in [0.2, 0.25) is 0 Å². The number of H-pyrrole nitrogens is 1. The summed E-state index contributed by atoms with van der Waals surface area (Å²) in [7, 11) is 1.12. The van der Waals surface area contributed by atoms with Crippen molar-refractivity contribution in [1.29, 1.82) is 0 Å². The lowest BCUT2D eigenvalue weighted by molar-refractivity contribution is -0.146. The number of likely N-dealkylation sites (N-methyl/N-ethyl adjacent to an activating group) is 1. The van der Waals surface area contributed by atoms with E-state index >= 15 is 0 Å². The van der Waals surface area contributed by atoms with Gasteiger partial charge in [-0.1, -0.05) is 13.8 Å². The molecule has 1 aromatic carbocycles. The fourth-order valence-corrected chi connectivity index (χ4v) is 5.68. The first kappa shape index (κ1) is 38.9. The fourth-order valence-electron chi connectivity index (χ4n) is 5.68. The summed E-state index contributed by atoms with van der Waals surface area (Å²) in [6.07, 6.45) is 1.13. The van der Waals surface area contributed by atoms with Gasteiger partial charge in [0.25, 0.3) is 11.8 Å². The maximum Gasteiger partial charge on any atom is 0.419 e. The van der Waals surface area contributed by atoms with E-state index in [4.69, 9.17) is 15.2 Å². The zero-order valence-electron chi connectivity index (χ0n) is 29.7. The molecule has 0 fully saturated rings. The van der Waals surface area contributed by atoms with E-state index in [2.05, 4.69) is 15.2 Å².